The molecule has 0 heterocycles. The van der Waals surface area contributed by atoms with E-state index >= 15 is 0 Å². The first-order valence-corrected chi connectivity index (χ1v) is 6.90. The summed E-state index contributed by atoms with van der Waals surface area (Å²) >= 11 is 0. The molecule has 1 aliphatic rings. The molecule has 0 saturated heterocycles. The maximum absolute atomic E-state index is 13.9. The first-order valence-electron chi connectivity index (χ1n) is 6.90. The highest BCUT2D eigenvalue weighted by Gasteiger charge is 2.34. The molecule has 106 valence electrons. The number of anilines is 1. The number of benzene rings is 1. The standard InChI is InChI=1S/C15H23FN2O/c1-11-4-3-7-15(9-11,10-17)18-14-8-12(19-2)5-6-13(14)16/h5-6,8,11,18H,3-4,7,9-10,17H2,1-2H3. The largest absolute Gasteiger partial charge is 0.497 e. The minimum absolute atomic E-state index is 0.190. The molecule has 0 spiro atoms. The van der Waals surface area contributed by atoms with Gasteiger partial charge in [-0.15, -0.1) is 0 Å². The first-order chi connectivity index (χ1) is 9.08. The Morgan fingerprint density at radius 3 is 2.95 bits per heavy atom. The molecule has 0 amide bonds. The normalized spacial score (nSPS) is 27.1. The quantitative estimate of drug-likeness (QED) is 0.880. The molecule has 1 aliphatic carbocycles. The summed E-state index contributed by atoms with van der Waals surface area (Å²) in [6.07, 6.45) is 4.34. The van der Waals surface area contributed by atoms with E-state index in [4.69, 9.17) is 10.5 Å². The average molecular weight is 266 g/mol. The fraction of sp³-hybridized carbons (Fsp3) is 0.600. The van der Waals surface area contributed by atoms with Crippen molar-refractivity contribution in [3.63, 3.8) is 0 Å². The molecule has 1 aromatic rings. The van der Waals surface area contributed by atoms with E-state index in [0.29, 0.717) is 23.9 Å². The summed E-state index contributed by atoms with van der Waals surface area (Å²) < 4.78 is 19.1. The maximum atomic E-state index is 13.9. The van der Waals surface area contributed by atoms with Crippen LogP contribution >= 0.6 is 0 Å². The lowest BCUT2D eigenvalue weighted by Crippen LogP contribution is -2.48. The highest BCUT2D eigenvalue weighted by atomic mass is 19.1. The van der Waals surface area contributed by atoms with Crippen molar-refractivity contribution < 1.29 is 9.13 Å². The molecule has 1 aromatic carbocycles. The molecule has 1 fully saturated rings. The zero-order valence-electron chi connectivity index (χ0n) is 11.7. The van der Waals surface area contributed by atoms with Crippen LogP contribution in [0.2, 0.25) is 0 Å². The van der Waals surface area contributed by atoms with Crippen molar-refractivity contribution in [1.29, 1.82) is 0 Å². The molecule has 2 atom stereocenters. The third-order valence-corrected chi connectivity index (χ3v) is 4.06. The van der Waals surface area contributed by atoms with Crippen molar-refractivity contribution in [3.05, 3.63) is 24.0 Å². The van der Waals surface area contributed by atoms with Crippen LogP contribution in [0.3, 0.4) is 0 Å². The molecule has 2 rings (SSSR count). The SMILES string of the molecule is COc1ccc(F)c(NC2(CN)CCCC(C)C2)c1. The van der Waals surface area contributed by atoms with Crippen LogP contribution < -0.4 is 15.8 Å². The highest BCUT2D eigenvalue weighted by molar-refractivity contribution is 5.51. The summed E-state index contributed by atoms with van der Waals surface area (Å²) in [6, 6.07) is 4.75. The van der Waals surface area contributed by atoms with Gasteiger partial charge in [-0.2, -0.15) is 0 Å². The van der Waals surface area contributed by atoms with Crippen molar-refractivity contribution in [2.45, 2.75) is 38.1 Å². The maximum Gasteiger partial charge on any atom is 0.146 e. The molecule has 19 heavy (non-hydrogen) atoms. The fourth-order valence-electron chi connectivity index (χ4n) is 3.02. The van der Waals surface area contributed by atoms with Crippen LogP contribution in [0.15, 0.2) is 18.2 Å². The Hall–Kier alpha value is -1.29. The molecule has 3 nitrogen and oxygen atoms in total. The van der Waals surface area contributed by atoms with Crippen LogP contribution in [0, 0.1) is 11.7 Å². The van der Waals surface area contributed by atoms with Gasteiger partial charge in [0.25, 0.3) is 0 Å². The van der Waals surface area contributed by atoms with Crippen molar-refractivity contribution in [1.82, 2.24) is 0 Å². The summed E-state index contributed by atoms with van der Waals surface area (Å²) in [7, 11) is 1.58. The van der Waals surface area contributed by atoms with E-state index in [1.165, 1.54) is 12.5 Å². The molecular formula is C15H23FN2O. The number of halogens is 1. The average Bonchev–Trinajstić information content (AvgIpc) is 2.41. The Morgan fingerprint density at radius 1 is 1.53 bits per heavy atom. The number of rotatable bonds is 4. The van der Waals surface area contributed by atoms with E-state index in [9.17, 15) is 4.39 Å². The number of nitrogens with two attached hydrogens (primary N) is 1. The molecule has 0 bridgehead atoms. The number of methoxy groups -OCH3 is 1. The smallest absolute Gasteiger partial charge is 0.146 e. The Kier molecular flexibility index (Phi) is 4.30. The van der Waals surface area contributed by atoms with Crippen LogP contribution in [0.5, 0.6) is 5.75 Å². The van der Waals surface area contributed by atoms with Gasteiger partial charge in [0.15, 0.2) is 0 Å². The van der Waals surface area contributed by atoms with E-state index < -0.39 is 0 Å². The fourth-order valence-corrected chi connectivity index (χ4v) is 3.02. The van der Waals surface area contributed by atoms with Crippen LogP contribution in [-0.4, -0.2) is 19.2 Å². The predicted octanol–water partition coefficient (Wildman–Crippen LogP) is 3.15. The summed E-state index contributed by atoms with van der Waals surface area (Å²) in [4.78, 5) is 0. The van der Waals surface area contributed by atoms with Gasteiger partial charge in [0.05, 0.1) is 12.8 Å². The predicted molar refractivity (Wildman–Crippen MR) is 76.0 cm³/mol. The van der Waals surface area contributed by atoms with E-state index in [-0.39, 0.29) is 11.4 Å². The van der Waals surface area contributed by atoms with Gasteiger partial charge in [0.1, 0.15) is 11.6 Å². The summed E-state index contributed by atoms with van der Waals surface area (Å²) in [5, 5.41) is 3.34. The van der Waals surface area contributed by atoms with Crippen molar-refractivity contribution >= 4 is 5.69 Å². The molecular weight excluding hydrogens is 243 g/mol. The van der Waals surface area contributed by atoms with Crippen LogP contribution in [0.4, 0.5) is 10.1 Å². The van der Waals surface area contributed by atoms with Crippen molar-refractivity contribution in [2.75, 3.05) is 19.0 Å². The number of hydrogen-bond acceptors (Lipinski definition) is 3. The minimum atomic E-state index is -0.258. The third-order valence-electron chi connectivity index (χ3n) is 4.06. The van der Waals surface area contributed by atoms with Crippen molar-refractivity contribution in [3.8, 4) is 5.75 Å². The van der Waals surface area contributed by atoms with E-state index in [0.717, 1.165) is 19.3 Å². The molecule has 4 heteroatoms. The van der Waals surface area contributed by atoms with E-state index in [2.05, 4.69) is 12.2 Å². The van der Waals surface area contributed by atoms with Crippen LogP contribution in [-0.2, 0) is 0 Å². The lowest BCUT2D eigenvalue weighted by molar-refractivity contribution is 0.263. The Labute approximate surface area is 114 Å². The highest BCUT2D eigenvalue weighted by Crippen LogP contribution is 2.35. The number of hydrogen-bond donors (Lipinski definition) is 2. The molecule has 2 unspecified atom stereocenters. The monoisotopic (exact) mass is 266 g/mol. The molecule has 3 N–H and O–H groups in total. The molecule has 0 radical (unpaired) electrons. The van der Waals surface area contributed by atoms with Gasteiger partial charge in [-0.25, -0.2) is 4.39 Å². The van der Waals surface area contributed by atoms with Gasteiger partial charge >= 0.3 is 0 Å². The third kappa shape index (κ3) is 3.18. The minimum Gasteiger partial charge on any atom is -0.497 e. The first kappa shape index (κ1) is 14.1. The zero-order valence-corrected chi connectivity index (χ0v) is 11.7. The summed E-state index contributed by atoms with van der Waals surface area (Å²) in [5.74, 6) is 1.02. The van der Waals surface area contributed by atoms with Gasteiger partial charge in [-0.1, -0.05) is 19.8 Å². The molecule has 0 aliphatic heterocycles. The van der Waals surface area contributed by atoms with Crippen LogP contribution in [0.1, 0.15) is 32.6 Å². The van der Waals surface area contributed by atoms with Gasteiger partial charge in [-0.05, 0) is 30.9 Å². The van der Waals surface area contributed by atoms with E-state index in [1.807, 2.05) is 0 Å². The Balaban J connectivity index is 2.22. The summed E-state index contributed by atoms with van der Waals surface area (Å²) in [6.45, 7) is 2.75. The Morgan fingerprint density at radius 2 is 2.32 bits per heavy atom. The zero-order chi connectivity index (χ0) is 13.9. The van der Waals surface area contributed by atoms with Crippen molar-refractivity contribution in [2.24, 2.45) is 11.7 Å². The topological polar surface area (TPSA) is 47.3 Å². The Bertz CT molecular complexity index is 438. The number of ether oxygens (including phenoxy) is 1. The molecule has 1 saturated carbocycles. The molecule has 0 aromatic heterocycles. The lowest BCUT2D eigenvalue weighted by Gasteiger charge is -2.40. The van der Waals surface area contributed by atoms with Gasteiger partial charge in [0, 0.05) is 18.2 Å². The van der Waals surface area contributed by atoms with Gasteiger partial charge < -0.3 is 15.8 Å². The van der Waals surface area contributed by atoms with E-state index in [1.54, 1.807) is 19.2 Å². The van der Waals surface area contributed by atoms with Gasteiger partial charge in [0.2, 0.25) is 0 Å². The second kappa shape index (κ2) is 5.78. The number of nitrogens with one attached hydrogen (secondary N) is 1. The lowest BCUT2D eigenvalue weighted by atomic mass is 9.76. The second-order valence-corrected chi connectivity index (χ2v) is 5.66. The summed E-state index contributed by atoms with van der Waals surface area (Å²) in [5.41, 5.74) is 6.25. The van der Waals surface area contributed by atoms with Crippen LogP contribution in [0.25, 0.3) is 0 Å². The van der Waals surface area contributed by atoms with Gasteiger partial charge in [-0.3, -0.25) is 0 Å². The second-order valence-electron chi connectivity index (χ2n) is 5.66.